The second-order valence-corrected chi connectivity index (χ2v) is 6.62. The lowest BCUT2D eigenvalue weighted by Crippen LogP contribution is -2.42. The van der Waals surface area contributed by atoms with Crippen molar-refractivity contribution in [3.05, 3.63) is 28.2 Å². The van der Waals surface area contributed by atoms with Gasteiger partial charge in [-0.1, -0.05) is 19.9 Å². The first-order chi connectivity index (χ1) is 9.52. The summed E-state index contributed by atoms with van der Waals surface area (Å²) in [5, 5.41) is 13.3. The zero-order chi connectivity index (χ0) is 14.7. The number of aliphatic hydroxyl groups excluding tert-OH is 1. The van der Waals surface area contributed by atoms with Gasteiger partial charge in [-0.2, -0.15) is 0 Å². The van der Waals surface area contributed by atoms with Gasteiger partial charge in [0.25, 0.3) is 0 Å². The fraction of sp³-hybridized carbons (Fsp3) is 0.625. The van der Waals surface area contributed by atoms with Crippen LogP contribution in [0.3, 0.4) is 0 Å². The fourth-order valence-corrected chi connectivity index (χ4v) is 3.47. The molecule has 0 aromatic heterocycles. The normalized spacial score (nSPS) is 24.8. The van der Waals surface area contributed by atoms with E-state index in [1.165, 1.54) is 11.3 Å². The van der Waals surface area contributed by atoms with Crippen LogP contribution >= 0.6 is 15.9 Å². The monoisotopic (exact) mass is 340 g/mol. The third-order valence-corrected chi connectivity index (χ3v) is 4.82. The Balaban J connectivity index is 2.13. The van der Waals surface area contributed by atoms with Crippen molar-refractivity contribution in [3.63, 3.8) is 0 Å². The van der Waals surface area contributed by atoms with Crippen LogP contribution in [0.15, 0.2) is 22.7 Å². The van der Waals surface area contributed by atoms with Gasteiger partial charge in [0.15, 0.2) is 0 Å². The molecule has 2 rings (SSSR count). The molecular formula is C16H25BrN2O. The van der Waals surface area contributed by atoms with Crippen LogP contribution in [0.25, 0.3) is 0 Å². The summed E-state index contributed by atoms with van der Waals surface area (Å²) in [7, 11) is 0. The SMILES string of the molecule is CCNC(C)c1ccc(N2CCC(O)C(C)C2)c(Br)c1. The van der Waals surface area contributed by atoms with Crippen LogP contribution in [0.5, 0.6) is 0 Å². The lowest BCUT2D eigenvalue weighted by Gasteiger charge is -2.36. The summed E-state index contributed by atoms with van der Waals surface area (Å²) in [4.78, 5) is 2.36. The van der Waals surface area contributed by atoms with Crippen LogP contribution in [0.4, 0.5) is 5.69 Å². The predicted molar refractivity (Wildman–Crippen MR) is 88.2 cm³/mol. The Kier molecular flexibility index (Phi) is 5.47. The Morgan fingerprint density at radius 1 is 1.50 bits per heavy atom. The van der Waals surface area contributed by atoms with E-state index in [4.69, 9.17) is 0 Å². The van der Waals surface area contributed by atoms with Gasteiger partial charge in [0.1, 0.15) is 0 Å². The maximum Gasteiger partial charge on any atom is 0.0599 e. The van der Waals surface area contributed by atoms with Crippen molar-refractivity contribution in [2.75, 3.05) is 24.5 Å². The van der Waals surface area contributed by atoms with E-state index in [2.05, 4.69) is 65.1 Å². The second-order valence-electron chi connectivity index (χ2n) is 5.77. The van der Waals surface area contributed by atoms with E-state index < -0.39 is 0 Å². The molecule has 3 nitrogen and oxygen atoms in total. The van der Waals surface area contributed by atoms with Crippen molar-refractivity contribution in [1.82, 2.24) is 5.32 Å². The van der Waals surface area contributed by atoms with Gasteiger partial charge in [-0.05, 0) is 59.4 Å². The van der Waals surface area contributed by atoms with Crippen LogP contribution < -0.4 is 10.2 Å². The van der Waals surface area contributed by atoms with Gasteiger partial charge in [0, 0.05) is 23.6 Å². The average molecular weight is 341 g/mol. The van der Waals surface area contributed by atoms with E-state index in [0.717, 1.165) is 30.5 Å². The smallest absolute Gasteiger partial charge is 0.0599 e. The van der Waals surface area contributed by atoms with Crippen LogP contribution in [-0.4, -0.2) is 30.8 Å². The number of hydrogen-bond donors (Lipinski definition) is 2. The summed E-state index contributed by atoms with van der Waals surface area (Å²) >= 11 is 3.71. The number of halogens is 1. The van der Waals surface area contributed by atoms with Crippen LogP contribution in [0.1, 0.15) is 38.8 Å². The summed E-state index contributed by atoms with van der Waals surface area (Å²) in [6.07, 6.45) is 0.696. The average Bonchev–Trinajstić information content (AvgIpc) is 2.42. The van der Waals surface area contributed by atoms with Gasteiger partial charge in [-0.15, -0.1) is 0 Å². The summed E-state index contributed by atoms with van der Waals surface area (Å²) in [6.45, 7) is 9.24. The standard InChI is InChI=1S/C16H25BrN2O/c1-4-18-12(3)13-5-6-15(14(17)9-13)19-8-7-16(20)11(2)10-19/h5-6,9,11-12,16,18,20H,4,7-8,10H2,1-3H3. The highest BCUT2D eigenvalue weighted by Gasteiger charge is 2.25. The van der Waals surface area contributed by atoms with E-state index in [-0.39, 0.29) is 6.10 Å². The van der Waals surface area contributed by atoms with Crippen molar-refractivity contribution in [1.29, 1.82) is 0 Å². The second kappa shape index (κ2) is 6.92. The minimum Gasteiger partial charge on any atom is -0.393 e. The number of nitrogens with zero attached hydrogens (tertiary/aromatic N) is 1. The maximum absolute atomic E-state index is 9.84. The molecule has 1 saturated heterocycles. The molecule has 112 valence electrons. The number of aliphatic hydroxyl groups is 1. The number of benzene rings is 1. The topological polar surface area (TPSA) is 35.5 Å². The quantitative estimate of drug-likeness (QED) is 0.882. The number of piperidine rings is 1. The van der Waals surface area contributed by atoms with E-state index in [1.807, 2.05) is 0 Å². The predicted octanol–water partition coefficient (Wildman–Crippen LogP) is 3.33. The van der Waals surface area contributed by atoms with Gasteiger partial charge < -0.3 is 15.3 Å². The molecule has 0 bridgehead atoms. The van der Waals surface area contributed by atoms with Gasteiger partial charge in [-0.3, -0.25) is 0 Å². The number of hydrogen-bond acceptors (Lipinski definition) is 3. The van der Waals surface area contributed by atoms with Crippen LogP contribution in [0.2, 0.25) is 0 Å². The van der Waals surface area contributed by atoms with E-state index in [0.29, 0.717) is 12.0 Å². The zero-order valence-electron chi connectivity index (χ0n) is 12.6. The molecule has 20 heavy (non-hydrogen) atoms. The molecule has 3 atom stereocenters. The van der Waals surface area contributed by atoms with Crippen molar-refractivity contribution < 1.29 is 5.11 Å². The molecule has 4 heteroatoms. The van der Waals surface area contributed by atoms with Crippen LogP contribution in [-0.2, 0) is 0 Å². The molecule has 0 amide bonds. The van der Waals surface area contributed by atoms with Crippen molar-refractivity contribution in [2.24, 2.45) is 5.92 Å². The Bertz CT molecular complexity index is 452. The molecule has 0 radical (unpaired) electrons. The van der Waals surface area contributed by atoms with Crippen molar-refractivity contribution >= 4 is 21.6 Å². The van der Waals surface area contributed by atoms with Gasteiger partial charge >= 0.3 is 0 Å². The molecule has 1 aliphatic heterocycles. The van der Waals surface area contributed by atoms with Gasteiger partial charge in [0.05, 0.1) is 11.8 Å². The Hall–Kier alpha value is -0.580. The third-order valence-electron chi connectivity index (χ3n) is 4.18. The van der Waals surface area contributed by atoms with E-state index >= 15 is 0 Å². The lowest BCUT2D eigenvalue weighted by atomic mass is 9.96. The fourth-order valence-electron chi connectivity index (χ4n) is 2.82. The lowest BCUT2D eigenvalue weighted by molar-refractivity contribution is 0.0970. The molecule has 0 saturated carbocycles. The Morgan fingerprint density at radius 2 is 2.25 bits per heavy atom. The molecule has 2 N–H and O–H groups in total. The molecule has 1 aromatic rings. The largest absolute Gasteiger partial charge is 0.393 e. The van der Waals surface area contributed by atoms with Gasteiger partial charge in [0.2, 0.25) is 0 Å². The zero-order valence-corrected chi connectivity index (χ0v) is 14.2. The highest BCUT2D eigenvalue weighted by molar-refractivity contribution is 9.10. The first kappa shape index (κ1) is 15.8. The van der Waals surface area contributed by atoms with E-state index in [1.54, 1.807) is 0 Å². The Morgan fingerprint density at radius 3 is 2.85 bits per heavy atom. The Labute approximate surface area is 130 Å². The maximum atomic E-state index is 9.84. The minimum absolute atomic E-state index is 0.155. The highest BCUT2D eigenvalue weighted by atomic mass is 79.9. The molecule has 1 heterocycles. The number of anilines is 1. The number of nitrogens with one attached hydrogen (secondary N) is 1. The third kappa shape index (κ3) is 3.54. The summed E-state index contributed by atoms with van der Waals surface area (Å²) < 4.78 is 1.14. The first-order valence-corrected chi connectivity index (χ1v) is 8.28. The molecule has 0 spiro atoms. The van der Waals surface area contributed by atoms with E-state index in [9.17, 15) is 5.11 Å². The summed E-state index contributed by atoms with van der Waals surface area (Å²) in [5.41, 5.74) is 2.53. The van der Waals surface area contributed by atoms with Crippen molar-refractivity contribution in [2.45, 2.75) is 39.3 Å². The number of rotatable bonds is 4. The highest BCUT2D eigenvalue weighted by Crippen LogP contribution is 2.32. The summed E-state index contributed by atoms with van der Waals surface area (Å²) in [5.74, 6) is 0.330. The molecule has 3 unspecified atom stereocenters. The van der Waals surface area contributed by atoms with Crippen LogP contribution in [0, 0.1) is 5.92 Å². The molecule has 1 aromatic carbocycles. The summed E-state index contributed by atoms with van der Waals surface area (Å²) in [6, 6.07) is 6.96. The molecular weight excluding hydrogens is 316 g/mol. The molecule has 0 aliphatic carbocycles. The molecule has 1 fully saturated rings. The first-order valence-electron chi connectivity index (χ1n) is 7.48. The molecule has 1 aliphatic rings. The van der Waals surface area contributed by atoms with Gasteiger partial charge in [-0.25, -0.2) is 0 Å². The minimum atomic E-state index is -0.155. The van der Waals surface area contributed by atoms with Crippen molar-refractivity contribution in [3.8, 4) is 0 Å².